The first-order chi connectivity index (χ1) is 11.5. The van der Waals surface area contributed by atoms with E-state index in [1.54, 1.807) is 31.3 Å². The molecule has 1 aromatic rings. The average Bonchev–Trinajstić information content (AvgIpc) is 2.59. The summed E-state index contributed by atoms with van der Waals surface area (Å²) in [5, 5.41) is 7.04. The van der Waals surface area contributed by atoms with Gasteiger partial charge in [0, 0.05) is 39.5 Å². The number of likely N-dealkylation sites (N-methyl/N-ethyl adjacent to an activating group) is 1. The van der Waals surface area contributed by atoms with Crippen LogP contribution in [0.5, 0.6) is 0 Å². The summed E-state index contributed by atoms with van der Waals surface area (Å²) in [6, 6.07) is 3.91. The van der Waals surface area contributed by atoms with Crippen LogP contribution in [0.2, 0.25) is 5.02 Å². The number of amides is 1. The monoisotopic (exact) mass is 353 g/mol. The van der Waals surface area contributed by atoms with Crippen molar-refractivity contribution in [3.63, 3.8) is 0 Å². The third kappa shape index (κ3) is 6.33. The number of halogens is 1. The molecule has 132 valence electrons. The van der Waals surface area contributed by atoms with Crippen LogP contribution in [0.15, 0.2) is 23.3 Å². The van der Waals surface area contributed by atoms with Gasteiger partial charge in [-0.2, -0.15) is 0 Å². The molecule has 2 N–H and O–H groups in total. The van der Waals surface area contributed by atoms with E-state index in [1.807, 2.05) is 6.07 Å². The first kappa shape index (κ1) is 18.5. The van der Waals surface area contributed by atoms with Gasteiger partial charge in [-0.15, -0.1) is 0 Å². The van der Waals surface area contributed by atoms with Crippen molar-refractivity contribution in [3.8, 4) is 0 Å². The van der Waals surface area contributed by atoms with Gasteiger partial charge in [-0.25, -0.2) is 4.99 Å². The van der Waals surface area contributed by atoms with Crippen LogP contribution in [-0.4, -0.2) is 61.6 Å². The van der Waals surface area contributed by atoms with Gasteiger partial charge in [-0.1, -0.05) is 11.6 Å². The van der Waals surface area contributed by atoms with Gasteiger partial charge >= 0.3 is 0 Å². The first-order valence-electron chi connectivity index (χ1n) is 7.98. The smallest absolute Gasteiger partial charge is 0.241 e. The molecule has 2 rings (SSSR count). The van der Waals surface area contributed by atoms with E-state index in [0.29, 0.717) is 17.5 Å². The molecule has 1 aliphatic heterocycles. The number of aliphatic imine (C=N–C) groups is 1. The molecule has 0 spiro atoms. The number of nitrogens with one attached hydrogen (secondary N) is 2. The van der Waals surface area contributed by atoms with Gasteiger partial charge in [0.1, 0.15) is 0 Å². The fourth-order valence-corrected chi connectivity index (χ4v) is 2.28. The summed E-state index contributed by atoms with van der Waals surface area (Å²) in [5.41, 5.74) is 0.811. The maximum absolute atomic E-state index is 11.8. The highest BCUT2D eigenvalue weighted by atomic mass is 35.5. The molecule has 0 aliphatic carbocycles. The number of hydrogen-bond acceptors (Lipinski definition) is 4. The van der Waals surface area contributed by atoms with E-state index in [0.717, 1.165) is 31.7 Å². The Labute approximate surface area is 147 Å². The topological polar surface area (TPSA) is 78.9 Å². The summed E-state index contributed by atoms with van der Waals surface area (Å²) in [5.74, 6) is 0.593. The van der Waals surface area contributed by atoms with Crippen molar-refractivity contribution < 1.29 is 9.53 Å². The van der Waals surface area contributed by atoms with E-state index in [4.69, 9.17) is 16.3 Å². The van der Waals surface area contributed by atoms with Crippen molar-refractivity contribution in [2.24, 2.45) is 4.99 Å². The van der Waals surface area contributed by atoms with Crippen LogP contribution in [0.1, 0.15) is 18.5 Å². The lowest BCUT2D eigenvalue weighted by molar-refractivity contribution is -0.127. The Bertz CT molecular complexity index is 556. The zero-order chi connectivity index (χ0) is 17.4. The molecule has 0 radical (unpaired) electrons. The van der Waals surface area contributed by atoms with Gasteiger partial charge in [0.2, 0.25) is 5.91 Å². The molecular weight excluding hydrogens is 330 g/mol. The van der Waals surface area contributed by atoms with Crippen LogP contribution in [0.3, 0.4) is 0 Å². The first-order valence-corrected chi connectivity index (χ1v) is 8.35. The molecule has 0 saturated carbocycles. The number of ether oxygens (including phenoxy) is 1. The van der Waals surface area contributed by atoms with Crippen molar-refractivity contribution in [3.05, 3.63) is 29.0 Å². The van der Waals surface area contributed by atoms with Crippen LogP contribution in [0.25, 0.3) is 0 Å². The highest BCUT2D eigenvalue weighted by Gasteiger charge is 2.15. The van der Waals surface area contributed by atoms with Gasteiger partial charge in [0.15, 0.2) is 5.96 Å². The fraction of sp³-hybridized carbons (Fsp3) is 0.562. The molecule has 1 aliphatic rings. The Kier molecular flexibility index (Phi) is 7.27. The second kappa shape index (κ2) is 9.44. The normalized spacial score (nSPS) is 15.9. The summed E-state index contributed by atoms with van der Waals surface area (Å²) < 4.78 is 5.37. The van der Waals surface area contributed by atoms with E-state index in [-0.39, 0.29) is 18.5 Å². The Morgan fingerprint density at radius 3 is 2.79 bits per heavy atom. The van der Waals surface area contributed by atoms with Crippen LogP contribution in [0, 0.1) is 0 Å². The van der Waals surface area contributed by atoms with Crippen molar-refractivity contribution in [1.82, 2.24) is 20.5 Å². The van der Waals surface area contributed by atoms with E-state index in [1.165, 1.54) is 0 Å². The minimum Gasteiger partial charge on any atom is -0.381 e. The SMILES string of the molecule is CN(C)C(=O)CNC(=NCc1ccc(Cl)cn1)NC1CCOCC1. The maximum Gasteiger partial charge on any atom is 0.241 e. The quantitative estimate of drug-likeness (QED) is 0.610. The van der Waals surface area contributed by atoms with Gasteiger partial charge in [-0.05, 0) is 25.0 Å². The highest BCUT2D eigenvalue weighted by molar-refractivity contribution is 6.30. The summed E-state index contributed by atoms with van der Waals surface area (Å²) in [6.07, 6.45) is 3.43. The number of hydrogen-bond donors (Lipinski definition) is 2. The van der Waals surface area contributed by atoms with E-state index < -0.39 is 0 Å². The van der Waals surface area contributed by atoms with Crippen LogP contribution >= 0.6 is 11.6 Å². The zero-order valence-corrected chi connectivity index (χ0v) is 14.8. The zero-order valence-electron chi connectivity index (χ0n) is 14.1. The lowest BCUT2D eigenvalue weighted by atomic mass is 10.1. The van der Waals surface area contributed by atoms with Crippen molar-refractivity contribution in [2.45, 2.75) is 25.4 Å². The minimum absolute atomic E-state index is 0.0129. The Morgan fingerprint density at radius 2 is 2.17 bits per heavy atom. The molecule has 2 heterocycles. The number of pyridine rings is 1. The number of guanidine groups is 1. The Morgan fingerprint density at radius 1 is 1.42 bits per heavy atom. The number of carbonyl (C=O) groups excluding carboxylic acids is 1. The molecule has 0 bridgehead atoms. The van der Waals surface area contributed by atoms with Crippen molar-refractivity contribution >= 4 is 23.5 Å². The number of aromatic nitrogens is 1. The van der Waals surface area contributed by atoms with Crippen LogP contribution in [-0.2, 0) is 16.1 Å². The van der Waals surface area contributed by atoms with Gasteiger partial charge in [0.05, 0.1) is 23.8 Å². The Balaban J connectivity index is 1.97. The van der Waals surface area contributed by atoms with E-state index in [2.05, 4.69) is 20.6 Å². The summed E-state index contributed by atoms with van der Waals surface area (Å²) in [4.78, 5) is 22.1. The molecular formula is C16H24ClN5O2. The molecule has 1 fully saturated rings. The maximum atomic E-state index is 11.8. The average molecular weight is 354 g/mol. The molecule has 0 aromatic carbocycles. The molecule has 7 nitrogen and oxygen atoms in total. The van der Waals surface area contributed by atoms with E-state index in [9.17, 15) is 4.79 Å². The predicted molar refractivity (Wildman–Crippen MR) is 94.1 cm³/mol. The number of nitrogens with zero attached hydrogens (tertiary/aromatic N) is 3. The fourth-order valence-electron chi connectivity index (χ4n) is 2.17. The standard InChI is InChI=1S/C16H24ClN5O2/c1-22(2)15(23)11-20-16(21-13-5-7-24-8-6-13)19-10-14-4-3-12(17)9-18-14/h3-4,9,13H,5-8,10-11H2,1-2H3,(H2,19,20,21). The third-order valence-corrected chi connectivity index (χ3v) is 3.88. The summed E-state index contributed by atoms with van der Waals surface area (Å²) >= 11 is 5.84. The van der Waals surface area contributed by atoms with Gasteiger partial charge < -0.3 is 20.3 Å². The number of carbonyl (C=O) groups is 1. The molecule has 0 atom stereocenters. The van der Waals surface area contributed by atoms with Gasteiger partial charge in [-0.3, -0.25) is 9.78 Å². The van der Waals surface area contributed by atoms with Crippen molar-refractivity contribution in [1.29, 1.82) is 0 Å². The Hall–Kier alpha value is -1.86. The molecule has 0 unspecified atom stereocenters. The van der Waals surface area contributed by atoms with E-state index >= 15 is 0 Å². The molecule has 1 amide bonds. The second-order valence-corrected chi connectivity index (χ2v) is 6.24. The lowest BCUT2D eigenvalue weighted by Gasteiger charge is -2.25. The predicted octanol–water partition coefficient (Wildman–Crippen LogP) is 1.04. The largest absolute Gasteiger partial charge is 0.381 e. The molecule has 24 heavy (non-hydrogen) atoms. The highest BCUT2D eigenvalue weighted by Crippen LogP contribution is 2.08. The molecule has 8 heteroatoms. The van der Waals surface area contributed by atoms with Crippen molar-refractivity contribution in [2.75, 3.05) is 33.9 Å². The summed E-state index contributed by atoms with van der Waals surface area (Å²) in [7, 11) is 3.45. The van der Waals surface area contributed by atoms with Crippen LogP contribution < -0.4 is 10.6 Å². The molecule has 1 aromatic heterocycles. The molecule has 1 saturated heterocycles. The summed E-state index contributed by atoms with van der Waals surface area (Å²) in [6.45, 7) is 2.07. The third-order valence-electron chi connectivity index (χ3n) is 3.66. The van der Waals surface area contributed by atoms with Gasteiger partial charge in [0.25, 0.3) is 0 Å². The lowest BCUT2D eigenvalue weighted by Crippen LogP contribution is -2.48. The minimum atomic E-state index is -0.0129. The second-order valence-electron chi connectivity index (χ2n) is 5.81. The van der Waals surface area contributed by atoms with Crippen LogP contribution in [0.4, 0.5) is 0 Å². The number of rotatable bonds is 5.